The summed E-state index contributed by atoms with van der Waals surface area (Å²) in [5.74, 6) is -0.193. The number of amides is 1. The van der Waals surface area contributed by atoms with Crippen LogP contribution in [0.4, 0.5) is 0 Å². The number of carbonyl (C=O) groups is 1. The van der Waals surface area contributed by atoms with Gasteiger partial charge in [-0.3, -0.25) is 4.79 Å². The van der Waals surface area contributed by atoms with Crippen LogP contribution in [-0.4, -0.2) is 17.4 Å². The first-order valence-corrected chi connectivity index (χ1v) is 8.70. The Morgan fingerprint density at radius 3 is 2.54 bits per heavy atom. The predicted octanol–water partition coefficient (Wildman–Crippen LogP) is 4.22. The summed E-state index contributed by atoms with van der Waals surface area (Å²) in [5, 5.41) is 17.7. The first-order valence-electron chi connectivity index (χ1n) is 8.70. The maximum Gasteiger partial charge on any atom is 0.251 e. The van der Waals surface area contributed by atoms with Crippen LogP contribution in [0.2, 0.25) is 0 Å². The molecule has 0 fully saturated rings. The van der Waals surface area contributed by atoms with Crippen LogP contribution in [0.25, 0.3) is 21.7 Å². The molecular weight excluding hydrogens is 324 g/mol. The van der Waals surface area contributed by atoms with Crippen LogP contribution in [0.3, 0.4) is 0 Å². The van der Waals surface area contributed by atoms with E-state index in [-0.39, 0.29) is 5.91 Å². The van der Waals surface area contributed by atoms with Crippen LogP contribution in [-0.2, 0) is 18.1 Å². The second-order valence-electron chi connectivity index (χ2n) is 6.32. The van der Waals surface area contributed by atoms with Crippen LogP contribution < -0.4 is 5.32 Å². The number of nitrogens with one attached hydrogen (secondary N) is 2. The summed E-state index contributed by atoms with van der Waals surface area (Å²) in [6.45, 7) is 0.109. The molecule has 0 aliphatic rings. The van der Waals surface area contributed by atoms with E-state index < -0.39 is 6.61 Å². The number of carbonyl (C=O) groups excluding carboxylic acids is 1. The molecule has 0 unspecified atom stereocenters. The van der Waals surface area contributed by atoms with E-state index in [0.717, 1.165) is 22.7 Å². The summed E-state index contributed by atoms with van der Waals surface area (Å²) in [6.07, 6.45) is 2.71. The SMILES string of the molecule is [O]Cc1c(C(=O)NCCc2c[nH]c3ccccc23)ccc2ccccc12. The van der Waals surface area contributed by atoms with Crippen molar-refractivity contribution in [2.45, 2.75) is 13.0 Å². The van der Waals surface area contributed by atoms with E-state index in [1.165, 1.54) is 10.9 Å². The summed E-state index contributed by atoms with van der Waals surface area (Å²) in [5.41, 5.74) is 3.30. The van der Waals surface area contributed by atoms with Crippen molar-refractivity contribution in [3.63, 3.8) is 0 Å². The molecule has 2 N–H and O–H groups in total. The van der Waals surface area contributed by atoms with Crippen LogP contribution in [0, 0.1) is 0 Å². The average molecular weight is 343 g/mol. The van der Waals surface area contributed by atoms with E-state index in [1.54, 1.807) is 6.07 Å². The Hall–Kier alpha value is -3.11. The fourth-order valence-corrected chi connectivity index (χ4v) is 3.45. The zero-order valence-corrected chi connectivity index (χ0v) is 14.3. The Labute approximate surface area is 151 Å². The molecule has 0 atom stereocenters. The third-order valence-electron chi connectivity index (χ3n) is 4.78. The van der Waals surface area contributed by atoms with Crippen molar-refractivity contribution in [1.29, 1.82) is 0 Å². The largest absolute Gasteiger partial charge is 0.361 e. The lowest BCUT2D eigenvalue weighted by molar-refractivity contribution is 0.0948. The molecule has 1 heterocycles. The highest BCUT2D eigenvalue weighted by Crippen LogP contribution is 2.23. The van der Waals surface area contributed by atoms with E-state index in [4.69, 9.17) is 0 Å². The summed E-state index contributed by atoms with van der Waals surface area (Å²) in [4.78, 5) is 15.8. The monoisotopic (exact) mass is 343 g/mol. The molecule has 1 aromatic heterocycles. The molecule has 129 valence electrons. The van der Waals surface area contributed by atoms with Gasteiger partial charge in [-0.2, -0.15) is 0 Å². The smallest absolute Gasteiger partial charge is 0.251 e. The van der Waals surface area contributed by atoms with Crippen molar-refractivity contribution in [2.24, 2.45) is 0 Å². The molecule has 4 aromatic rings. The van der Waals surface area contributed by atoms with Gasteiger partial charge >= 0.3 is 0 Å². The lowest BCUT2D eigenvalue weighted by Crippen LogP contribution is -2.26. The van der Waals surface area contributed by atoms with Crippen LogP contribution >= 0.6 is 0 Å². The van der Waals surface area contributed by atoms with Gasteiger partial charge in [0.2, 0.25) is 0 Å². The van der Waals surface area contributed by atoms with Gasteiger partial charge in [-0.15, -0.1) is 0 Å². The Morgan fingerprint density at radius 1 is 0.923 bits per heavy atom. The zero-order chi connectivity index (χ0) is 17.9. The van der Waals surface area contributed by atoms with Gasteiger partial charge in [-0.05, 0) is 34.9 Å². The summed E-state index contributed by atoms with van der Waals surface area (Å²) in [6, 6.07) is 19.4. The van der Waals surface area contributed by atoms with E-state index in [2.05, 4.69) is 16.4 Å². The molecule has 3 aromatic carbocycles. The molecule has 0 aliphatic heterocycles. The van der Waals surface area contributed by atoms with Gasteiger partial charge in [0.15, 0.2) is 0 Å². The van der Waals surface area contributed by atoms with E-state index in [0.29, 0.717) is 17.7 Å². The molecule has 0 saturated carbocycles. The van der Waals surface area contributed by atoms with Crippen molar-refractivity contribution in [1.82, 2.24) is 10.3 Å². The number of hydrogen-bond donors (Lipinski definition) is 2. The lowest BCUT2D eigenvalue weighted by Gasteiger charge is -2.11. The van der Waals surface area contributed by atoms with Crippen molar-refractivity contribution >= 4 is 27.6 Å². The number of aromatic nitrogens is 1. The molecule has 0 bridgehead atoms. The van der Waals surface area contributed by atoms with Gasteiger partial charge in [0, 0.05) is 34.8 Å². The normalized spacial score (nSPS) is 11.1. The van der Waals surface area contributed by atoms with Crippen LogP contribution in [0.1, 0.15) is 21.5 Å². The topological polar surface area (TPSA) is 64.8 Å². The molecule has 4 rings (SSSR count). The quantitative estimate of drug-likeness (QED) is 0.560. The minimum absolute atomic E-state index is 0.193. The number of aromatic amines is 1. The van der Waals surface area contributed by atoms with Gasteiger partial charge in [-0.1, -0.05) is 48.5 Å². The first-order chi connectivity index (χ1) is 12.8. The van der Waals surface area contributed by atoms with Crippen LogP contribution in [0.5, 0.6) is 0 Å². The van der Waals surface area contributed by atoms with Gasteiger partial charge in [0.25, 0.3) is 5.91 Å². The van der Waals surface area contributed by atoms with Crippen molar-refractivity contribution in [2.75, 3.05) is 6.54 Å². The fraction of sp³-hybridized carbons (Fsp3) is 0.136. The minimum atomic E-state index is -0.410. The van der Waals surface area contributed by atoms with E-state index in [1.807, 2.05) is 54.7 Å². The number of rotatable bonds is 5. The van der Waals surface area contributed by atoms with Gasteiger partial charge in [0.1, 0.15) is 6.61 Å². The molecular formula is C22H19N2O2. The van der Waals surface area contributed by atoms with E-state index >= 15 is 0 Å². The third-order valence-corrected chi connectivity index (χ3v) is 4.78. The zero-order valence-electron chi connectivity index (χ0n) is 14.3. The maximum atomic E-state index is 12.6. The molecule has 4 heteroatoms. The standard InChI is InChI=1S/C22H19N2O2/c25-14-20-17-6-2-1-5-15(17)9-10-19(20)22(26)23-12-11-16-13-24-21-8-4-3-7-18(16)21/h1-10,13,24H,11-12,14H2,(H,23,26). The maximum absolute atomic E-state index is 12.6. The first kappa shape index (κ1) is 16.4. The number of H-pyrrole nitrogens is 1. The molecule has 26 heavy (non-hydrogen) atoms. The average Bonchev–Trinajstić information content (AvgIpc) is 3.10. The van der Waals surface area contributed by atoms with Crippen LogP contribution in [0.15, 0.2) is 66.9 Å². The lowest BCUT2D eigenvalue weighted by atomic mass is 9.99. The highest BCUT2D eigenvalue weighted by atomic mass is 16.3. The molecule has 1 radical (unpaired) electrons. The minimum Gasteiger partial charge on any atom is -0.361 e. The van der Waals surface area contributed by atoms with Crippen molar-refractivity contribution in [3.8, 4) is 0 Å². The van der Waals surface area contributed by atoms with Crippen molar-refractivity contribution in [3.05, 3.63) is 83.6 Å². The van der Waals surface area contributed by atoms with Crippen molar-refractivity contribution < 1.29 is 9.90 Å². The van der Waals surface area contributed by atoms with Gasteiger partial charge in [0.05, 0.1) is 0 Å². The molecule has 0 saturated heterocycles. The molecule has 0 aliphatic carbocycles. The summed E-state index contributed by atoms with van der Waals surface area (Å²) >= 11 is 0. The number of fused-ring (bicyclic) bond motifs is 2. The highest BCUT2D eigenvalue weighted by molar-refractivity contribution is 6.01. The highest BCUT2D eigenvalue weighted by Gasteiger charge is 2.14. The Bertz CT molecular complexity index is 1080. The number of para-hydroxylation sites is 1. The third kappa shape index (κ3) is 2.95. The Balaban J connectivity index is 1.51. The van der Waals surface area contributed by atoms with Gasteiger partial charge in [-0.25, -0.2) is 5.11 Å². The number of hydrogen-bond acceptors (Lipinski definition) is 1. The molecule has 0 spiro atoms. The molecule has 1 amide bonds. The predicted molar refractivity (Wildman–Crippen MR) is 103 cm³/mol. The Kier molecular flexibility index (Phi) is 4.42. The van der Waals surface area contributed by atoms with Gasteiger partial charge < -0.3 is 10.3 Å². The second-order valence-corrected chi connectivity index (χ2v) is 6.32. The summed E-state index contributed by atoms with van der Waals surface area (Å²) in [7, 11) is 0. The Morgan fingerprint density at radius 2 is 1.69 bits per heavy atom. The fourth-order valence-electron chi connectivity index (χ4n) is 3.45. The molecule has 4 nitrogen and oxygen atoms in total. The van der Waals surface area contributed by atoms with E-state index in [9.17, 15) is 9.90 Å². The second kappa shape index (κ2) is 7.02. The number of benzene rings is 3. The summed E-state index contributed by atoms with van der Waals surface area (Å²) < 4.78 is 0.